The smallest absolute Gasteiger partial charge is 0.145 e. The lowest BCUT2D eigenvalue weighted by atomic mass is 10.1. The van der Waals surface area contributed by atoms with E-state index in [1.807, 2.05) is 6.07 Å². The Labute approximate surface area is 152 Å². The number of hydrogen-bond acceptors (Lipinski definition) is 3. The number of fused-ring (bicyclic) bond motifs is 5. The number of aromatic nitrogens is 2. The average molecular weight is 340 g/mol. The van der Waals surface area contributed by atoms with Crippen LogP contribution in [0.25, 0.3) is 22.4 Å². The lowest BCUT2D eigenvalue weighted by Gasteiger charge is -2.30. The minimum Gasteiger partial charge on any atom is -0.378 e. The summed E-state index contributed by atoms with van der Waals surface area (Å²) in [5, 5.41) is 3.71. The van der Waals surface area contributed by atoms with Gasteiger partial charge in [0.05, 0.1) is 11.0 Å². The molecule has 0 aliphatic carbocycles. The summed E-state index contributed by atoms with van der Waals surface area (Å²) in [6, 6.07) is 25.4. The van der Waals surface area contributed by atoms with Crippen LogP contribution < -0.4 is 10.2 Å². The topological polar surface area (TPSA) is 33.1 Å². The van der Waals surface area contributed by atoms with Crippen LogP contribution >= 0.6 is 0 Å². The number of anilines is 2. The molecule has 3 aromatic carbocycles. The van der Waals surface area contributed by atoms with Gasteiger partial charge >= 0.3 is 0 Å². The molecule has 1 aliphatic heterocycles. The first-order chi connectivity index (χ1) is 12.7. The molecule has 4 nitrogen and oxygen atoms in total. The zero-order valence-electron chi connectivity index (χ0n) is 14.8. The molecule has 4 heteroatoms. The summed E-state index contributed by atoms with van der Waals surface area (Å²) in [5.74, 6) is 1.02. The molecule has 1 aromatic heterocycles. The average Bonchev–Trinajstić information content (AvgIpc) is 3.07. The first-order valence-electron chi connectivity index (χ1n) is 8.82. The summed E-state index contributed by atoms with van der Waals surface area (Å²) < 4.78 is 2.31. The normalized spacial score (nSPS) is 15.2. The third kappa shape index (κ3) is 2.19. The van der Waals surface area contributed by atoms with E-state index in [1.54, 1.807) is 0 Å². The van der Waals surface area contributed by atoms with E-state index in [-0.39, 0.29) is 6.17 Å². The maximum absolute atomic E-state index is 4.93. The Balaban J connectivity index is 1.73. The molecule has 0 fully saturated rings. The van der Waals surface area contributed by atoms with Crippen LogP contribution in [-0.4, -0.2) is 23.6 Å². The summed E-state index contributed by atoms with van der Waals surface area (Å²) >= 11 is 0. The molecular formula is C22H20N4. The predicted molar refractivity (Wildman–Crippen MR) is 108 cm³/mol. The van der Waals surface area contributed by atoms with Gasteiger partial charge in [-0.1, -0.05) is 36.4 Å². The summed E-state index contributed by atoms with van der Waals surface area (Å²) in [6.07, 6.45) is 0.0171. The SMILES string of the molecule is CN(C)c1ccc([C@@H]2Nc3ccccc3-c3nc4ccccc4n32)cc1. The van der Waals surface area contributed by atoms with Gasteiger partial charge in [-0.3, -0.25) is 4.57 Å². The van der Waals surface area contributed by atoms with Crippen molar-refractivity contribution in [3.8, 4) is 11.4 Å². The fraction of sp³-hybridized carbons (Fsp3) is 0.136. The van der Waals surface area contributed by atoms with Crippen molar-refractivity contribution in [1.29, 1.82) is 0 Å². The predicted octanol–water partition coefficient (Wildman–Crippen LogP) is 4.74. The van der Waals surface area contributed by atoms with Gasteiger partial charge < -0.3 is 10.2 Å². The number of imidazole rings is 1. The fourth-order valence-corrected chi connectivity index (χ4v) is 3.70. The van der Waals surface area contributed by atoms with Gasteiger partial charge in [-0.25, -0.2) is 4.98 Å². The molecule has 5 rings (SSSR count). The molecule has 0 bridgehead atoms. The Morgan fingerprint density at radius 2 is 1.62 bits per heavy atom. The molecule has 4 aromatic rings. The second-order valence-electron chi connectivity index (χ2n) is 6.87. The zero-order chi connectivity index (χ0) is 17.7. The number of nitrogens with one attached hydrogen (secondary N) is 1. The van der Waals surface area contributed by atoms with E-state index >= 15 is 0 Å². The second kappa shape index (κ2) is 5.63. The van der Waals surface area contributed by atoms with E-state index in [1.165, 1.54) is 11.3 Å². The van der Waals surface area contributed by atoms with Gasteiger partial charge in [0.25, 0.3) is 0 Å². The Morgan fingerprint density at radius 1 is 0.885 bits per heavy atom. The molecule has 0 amide bonds. The monoisotopic (exact) mass is 340 g/mol. The molecule has 0 spiro atoms. The number of rotatable bonds is 2. The maximum atomic E-state index is 4.93. The van der Waals surface area contributed by atoms with Crippen LogP contribution in [0.1, 0.15) is 11.7 Å². The Morgan fingerprint density at radius 3 is 2.42 bits per heavy atom. The van der Waals surface area contributed by atoms with Gasteiger partial charge in [0.1, 0.15) is 12.0 Å². The molecule has 1 N–H and O–H groups in total. The van der Waals surface area contributed by atoms with E-state index in [4.69, 9.17) is 4.98 Å². The minimum absolute atomic E-state index is 0.0171. The Bertz CT molecular complexity index is 1090. The van der Waals surface area contributed by atoms with Gasteiger partial charge in [-0.15, -0.1) is 0 Å². The van der Waals surface area contributed by atoms with Gasteiger partial charge in [0, 0.05) is 31.0 Å². The first kappa shape index (κ1) is 15.0. The number of para-hydroxylation sites is 3. The third-order valence-electron chi connectivity index (χ3n) is 5.04. The van der Waals surface area contributed by atoms with Crippen LogP contribution in [0.3, 0.4) is 0 Å². The Hall–Kier alpha value is -3.27. The molecule has 128 valence electrons. The molecule has 1 aliphatic rings. The van der Waals surface area contributed by atoms with Crippen LogP contribution in [0, 0.1) is 0 Å². The molecule has 0 unspecified atom stereocenters. The molecule has 0 saturated heterocycles. The summed E-state index contributed by atoms with van der Waals surface area (Å²) in [5.41, 5.74) is 6.85. The van der Waals surface area contributed by atoms with Crippen LogP contribution in [-0.2, 0) is 0 Å². The lowest BCUT2D eigenvalue weighted by Crippen LogP contribution is -2.24. The number of hydrogen-bond donors (Lipinski definition) is 1. The van der Waals surface area contributed by atoms with Crippen molar-refractivity contribution in [3.05, 3.63) is 78.4 Å². The quantitative estimate of drug-likeness (QED) is 0.572. The maximum Gasteiger partial charge on any atom is 0.145 e. The van der Waals surface area contributed by atoms with Crippen molar-refractivity contribution in [1.82, 2.24) is 9.55 Å². The van der Waals surface area contributed by atoms with Crippen LogP contribution in [0.5, 0.6) is 0 Å². The van der Waals surface area contributed by atoms with Crippen LogP contribution in [0.4, 0.5) is 11.4 Å². The van der Waals surface area contributed by atoms with Crippen LogP contribution in [0.2, 0.25) is 0 Å². The van der Waals surface area contributed by atoms with Gasteiger partial charge in [-0.05, 0) is 42.0 Å². The highest BCUT2D eigenvalue weighted by molar-refractivity contribution is 5.86. The molecule has 2 heterocycles. The van der Waals surface area contributed by atoms with Crippen molar-refractivity contribution in [2.24, 2.45) is 0 Å². The molecule has 1 atom stereocenters. The van der Waals surface area contributed by atoms with E-state index in [0.29, 0.717) is 0 Å². The van der Waals surface area contributed by atoms with E-state index in [2.05, 4.69) is 95.6 Å². The summed E-state index contributed by atoms with van der Waals surface area (Å²) in [6.45, 7) is 0. The van der Waals surface area contributed by atoms with Crippen molar-refractivity contribution in [2.75, 3.05) is 24.3 Å². The highest BCUT2D eigenvalue weighted by Crippen LogP contribution is 2.40. The van der Waals surface area contributed by atoms with Gasteiger partial charge in [0.15, 0.2) is 0 Å². The van der Waals surface area contributed by atoms with Crippen molar-refractivity contribution in [3.63, 3.8) is 0 Å². The van der Waals surface area contributed by atoms with E-state index in [9.17, 15) is 0 Å². The molecular weight excluding hydrogens is 320 g/mol. The van der Waals surface area contributed by atoms with E-state index < -0.39 is 0 Å². The highest BCUT2D eigenvalue weighted by Gasteiger charge is 2.27. The van der Waals surface area contributed by atoms with Crippen molar-refractivity contribution < 1.29 is 0 Å². The van der Waals surface area contributed by atoms with Crippen molar-refractivity contribution >= 4 is 22.4 Å². The molecule has 0 saturated carbocycles. The Kier molecular flexibility index (Phi) is 3.25. The lowest BCUT2D eigenvalue weighted by molar-refractivity contribution is 0.669. The minimum atomic E-state index is 0.0171. The van der Waals surface area contributed by atoms with E-state index in [0.717, 1.165) is 28.1 Å². The number of benzene rings is 3. The third-order valence-corrected chi connectivity index (χ3v) is 5.04. The highest BCUT2D eigenvalue weighted by atomic mass is 15.2. The molecule has 0 radical (unpaired) electrons. The van der Waals surface area contributed by atoms with Gasteiger partial charge in [-0.2, -0.15) is 0 Å². The fourth-order valence-electron chi connectivity index (χ4n) is 3.70. The second-order valence-corrected chi connectivity index (χ2v) is 6.87. The van der Waals surface area contributed by atoms with Crippen molar-refractivity contribution in [2.45, 2.75) is 6.17 Å². The molecule has 26 heavy (non-hydrogen) atoms. The first-order valence-corrected chi connectivity index (χ1v) is 8.82. The standard InChI is InChI=1S/C22H20N4/c1-25(2)16-13-11-15(12-14-16)21-23-18-8-4-3-7-17(18)22-24-19-9-5-6-10-20(19)26(21)22/h3-14,21,23H,1-2H3/t21-/m1/s1. The van der Waals surface area contributed by atoms with Gasteiger partial charge in [0.2, 0.25) is 0 Å². The summed E-state index contributed by atoms with van der Waals surface area (Å²) in [4.78, 5) is 7.05. The van der Waals surface area contributed by atoms with Crippen LogP contribution in [0.15, 0.2) is 72.8 Å². The largest absolute Gasteiger partial charge is 0.378 e. The summed E-state index contributed by atoms with van der Waals surface area (Å²) in [7, 11) is 4.12. The zero-order valence-corrected chi connectivity index (χ0v) is 14.8. The number of nitrogens with zero attached hydrogens (tertiary/aromatic N) is 3.